The lowest BCUT2D eigenvalue weighted by Gasteiger charge is -2.28. The Morgan fingerprint density at radius 2 is 1.83 bits per heavy atom. The van der Waals surface area contributed by atoms with Crippen molar-refractivity contribution in [2.45, 2.75) is 64.3 Å². The van der Waals surface area contributed by atoms with Crippen LogP contribution in [0.1, 0.15) is 58.3 Å². The first-order valence-electron chi connectivity index (χ1n) is 9.44. The molecule has 3 fully saturated rings. The van der Waals surface area contributed by atoms with E-state index in [2.05, 4.69) is 22.5 Å². The Morgan fingerprint density at radius 1 is 1.09 bits per heavy atom. The quantitative estimate of drug-likeness (QED) is 0.836. The number of urea groups is 1. The van der Waals surface area contributed by atoms with Gasteiger partial charge in [-0.1, -0.05) is 19.3 Å². The molecule has 2 N–H and O–H groups in total. The third-order valence-electron chi connectivity index (χ3n) is 6.11. The van der Waals surface area contributed by atoms with Crippen molar-refractivity contribution >= 4 is 11.9 Å². The minimum Gasteiger partial charge on any atom is -0.335 e. The number of nitrogens with one attached hydrogen (secondary N) is 2. The van der Waals surface area contributed by atoms with E-state index in [9.17, 15) is 9.59 Å². The van der Waals surface area contributed by atoms with E-state index in [0.717, 1.165) is 37.8 Å². The van der Waals surface area contributed by atoms with Crippen molar-refractivity contribution in [3.05, 3.63) is 0 Å². The molecular weight excluding hydrogens is 290 g/mol. The van der Waals surface area contributed by atoms with Crippen LogP contribution in [0.3, 0.4) is 0 Å². The summed E-state index contributed by atoms with van der Waals surface area (Å²) in [6, 6.07) is -0.156. The maximum Gasteiger partial charge on any atom is 0.321 e. The second-order valence-electron chi connectivity index (χ2n) is 7.84. The molecule has 1 aliphatic heterocycles. The Morgan fingerprint density at radius 3 is 2.43 bits per heavy atom. The van der Waals surface area contributed by atoms with Gasteiger partial charge in [0.25, 0.3) is 0 Å². The van der Waals surface area contributed by atoms with Gasteiger partial charge in [0, 0.05) is 6.04 Å². The molecule has 130 valence electrons. The molecule has 1 heterocycles. The first-order chi connectivity index (χ1) is 11.1. The monoisotopic (exact) mass is 321 g/mol. The maximum atomic E-state index is 12.1. The minimum atomic E-state index is -0.319. The number of rotatable bonds is 4. The third kappa shape index (κ3) is 4.46. The van der Waals surface area contributed by atoms with Crippen LogP contribution in [0.15, 0.2) is 0 Å². The lowest BCUT2D eigenvalue weighted by molar-refractivity contribution is -0.121. The summed E-state index contributed by atoms with van der Waals surface area (Å²) >= 11 is 0. The van der Waals surface area contributed by atoms with Crippen LogP contribution in [0.4, 0.5) is 4.79 Å². The molecule has 0 radical (unpaired) electrons. The van der Waals surface area contributed by atoms with Crippen LogP contribution >= 0.6 is 0 Å². The summed E-state index contributed by atoms with van der Waals surface area (Å²) in [5.41, 5.74) is 0. The fraction of sp³-hybridized carbons (Fsp3) is 0.889. The number of hydrogen-bond donors (Lipinski definition) is 2. The predicted molar refractivity (Wildman–Crippen MR) is 90.0 cm³/mol. The zero-order valence-corrected chi connectivity index (χ0v) is 14.4. The van der Waals surface area contributed by atoms with Crippen LogP contribution in [0.5, 0.6) is 0 Å². The zero-order valence-electron chi connectivity index (χ0n) is 14.4. The highest BCUT2D eigenvalue weighted by atomic mass is 16.2. The van der Waals surface area contributed by atoms with E-state index in [1.807, 2.05) is 0 Å². The van der Waals surface area contributed by atoms with E-state index >= 15 is 0 Å². The second kappa shape index (κ2) is 7.65. The number of imide groups is 1. The van der Waals surface area contributed by atoms with Gasteiger partial charge in [0.05, 0.1) is 6.54 Å². The van der Waals surface area contributed by atoms with Gasteiger partial charge in [0.15, 0.2) is 0 Å². The summed E-state index contributed by atoms with van der Waals surface area (Å²) in [4.78, 5) is 26.3. The van der Waals surface area contributed by atoms with Crippen molar-refractivity contribution in [3.8, 4) is 0 Å². The van der Waals surface area contributed by atoms with Crippen LogP contribution in [0.2, 0.25) is 0 Å². The van der Waals surface area contributed by atoms with Crippen LogP contribution in [0.25, 0.3) is 0 Å². The van der Waals surface area contributed by atoms with Gasteiger partial charge >= 0.3 is 6.03 Å². The van der Waals surface area contributed by atoms with E-state index in [1.54, 1.807) is 0 Å². The highest BCUT2D eigenvalue weighted by Crippen LogP contribution is 2.49. The molecule has 4 unspecified atom stereocenters. The Bertz CT molecular complexity index is 432. The first kappa shape index (κ1) is 16.7. The van der Waals surface area contributed by atoms with Crippen LogP contribution < -0.4 is 10.6 Å². The molecule has 3 amide bonds. The van der Waals surface area contributed by atoms with Crippen molar-refractivity contribution in [2.75, 3.05) is 19.6 Å². The zero-order chi connectivity index (χ0) is 16.2. The van der Waals surface area contributed by atoms with Crippen molar-refractivity contribution in [2.24, 2.45) is 17.8 Å². The summed E-state index contributed by atoms with van der Waals surface area (Å²) in [6.07, 6.45) is 10.1. The highest BCUT2D eigenvalue weighted by molar-refractivity contribution is 5.95. The van der Waals surface area contributed by atoms with Crippen molar-refractivity contribution in [1.29, 1.82) is 0 Å². The number of carbonyl (C=O) groups excluding carboxylic acids is 2. The average Bonchev–Trinajstić information content (AvgIpc) is 3.04. The van der Waals surface area contributed by atoms with Gasteiger partial charge in [-0.25, -0.2) is 4.79 Å². The molecule has 0 spiro atoms. The number of hydrogen-bond acceptors (Lipinski definition) is 3. The average molecular weight is 321 g/mol. The number of likely N-dealkylation sites (tertiary alicyclic amines) is 1. The molecule has 0 aromatic rings. The lowest BCUT2D eigenvalue weighted by Crippen LogP contribution is -2.49. The summed E-state index contributed by atoms with van der Waals surface area (Å²) in [6.45, 7) is 4.37. The minimum absolute atomic E-state index is 0.163. The molecule has 3 rings (SSSR count). The SMILES string of the molecule is CC(NC(=O)NC(=O)CN1CCCCCC1)C1CC2CCC1C2. The fourth-order valence-electron chi connectivity index (χ4n) is 4.92. The van der Waals surface area contributed by atoms with E-state index in [-0.39, 0.29) is 18.0 Å². The molecule has 3 aliphatic rings. The standard InChI is InChI=1S/C18H31N3O2/c1-13(16-11-14-6-7-15(16)10-14)19-18(23)20-17(22)12-21-8-4-2-3-5-9-21/h13-16H,2-12H2,1H3,(H2,19,20,22,23). The Hall–Kier alpha value is -1.10. The highest BCUT2D eigenvalue weighted by Gasteiger charge is 2.42. The van der Waals surface area contributed by atoms with E-state index in [1.165, 1.54) is 38.5 Å². The number of carbonyl (C=O) groups is 2. The van der Waals surface area contributed by atoms with Crippen molar-refractivity contribution < 1.29 is 9.59 Å². The lowest BCUT2D eigenvalue weighted by atomic mass is 9.84. The predicted octanol–water partition coefficient (Wildman–Crippen LogP) is 2.51. The van der Waals surface area contributed by atoms with Crippen molar-refractivity contribution in [3.63, 3.8) is 0 Å². The maximum absolute atomic E-state index is 12.1. The van der Waals surface area contributed by atoms with Crippen LogP contribution in [-0.4, -0.2) is 42.5 Å². The van der Waals surface area contributed by atoms with Gasteiger partial charge < -0.3 is 5.32 Å². The Balaban J connectivity index is 1.39. The van der Waals surface area contributed by atoms with Crippen LogP contribution in [0, 0.1) is 17.8 Å². The van der Waals surface area contributed by atoms with Crippen LogP contribution in [-0.2, 0) is 4.79 Å². The first-order valence-corrected chi connectivity index (χ1v) is 9.44. The molecule has 2 bridgehead atoms. The van der Waals surface area contributed by atoms with Gasteiger partial charge in [0.1, 0.15) is 0 Å². The molecule has 4 atom stereocenters. The van der Waals surface area contributed by atoms with Crippen molar-refractivity contribution in [1.82, 2.24) is 15.5 Å². The van der Waals surface area contributed by atoms with E-state index in [0.29, 0.717) is 12.5 Å². The fourth-order valence-corrected chi connectivity index (χ4v) is 4.92. The smallest absolute Gasteiger partial charge is 0.321 e. The molecule has 1 saturated heterocycles. The van der Waals surface area contributed by atoms with Gasteiger partial charge in [-0.2, -0.15) is 0 Å². The van der Waals surface area contributed by atoms with Gasteiger partial charge in [-0.15, -0.1) is 0 Å². The molecule has 2 aliphatic carbocycles. The number of fused-ring (bicyclic) bond motifs is 2. The number of nitrogens with zero attached hydrogens (tertiary/aromatic N) is 1. The summed E-state index contributed by atoms with van der Waals surface area (Å²) < 4.78 is 0. The van der Waals surface area contributed by atoms with E-state index in [4.69, 9.17) is 0 Å². The van der Waals surface area contributed by atoms with Gasteiger partial charge in [-0.05, 0) is 69.9 Å². The molecule has 23 heavy (non-hydrogen) atoms. The molecule has 5 heteroatoms. The van der Waals surface area contributed by atoms with E-state index < -0.39 is 0 Å². The molecule has 2 saturated carbocycles. The summed E-state index contributed by atoms with van der Waals surface area (Å²) in [7, 11) is 0. The van der Waals surface area contributed by atoms with Gasteiger partial charge in [-0.3, -0.25) is 15.0 Å². The molecule has 0 aromatic carbocycles. The molecule has 5 nitrogen and oxygen atoms in total. The molecular formula is C18H31N3O2. The normalized spacial score (nSPS) is 32.3. The summed E-state index contributed by atoms with van der Waals surface area (Å²) in [5.74, 6) is 2.08. The Labute approximate surface area is 139 Å². The molecule has 0 aromatic heterocycles. The number of amides is 3. The Kier molecular flexibility index (Phi) is 5.57. The summed E-state index contributed by atoms with van der Waals surface area (Å²) in [5, 5.41) is 5.51. The second-order valence-corrected chi connectivity index (χ2v) is 7.84. The third-order valence-corrected chi connectivity index (χ3v) is 6.11. The largest absolute Gasteiger partial charge is 0.335 e. The topological polar surface area (TPSA) is 61.4 Å². The van der Waals surface area contributed by atoms with Gasteiger partial charge in [0.2, 0.25) is 5.91 Å².